The molecule has 28 heavy (non-hydrogen) atoms. The summed E-state index contributed by atoms with van der Waals surface area (Å²) in [5.41, 5.74) is -0.0432. The average Bonchev–Trinajstić information content (AvgIpc) is 2.67. The Morgan fingerprint density at radius 2 is 1.75 bits per heavy atom. The summed E-state index contributed by atoms with van der Waals surface area (Å²) in [6, 6.07) is 4.21. The highest BCUT2D eigenvalue weighted by Gasteiger charge is 2.44. The van der Waals surface area contributed by atoms with Crippen molar-refractivity contribution in [1.29, 1.82) is 5.26 Å². The second-order valence-electron chi connectivity index (χ2n) is 4.78. The molecule has 1 unspecified atom stereocenters. The number of pyridine rings is 1. The molecular weight excluding hydrogens is 414 g/mol. The maximum Gasteiger partial charge on any atom is 0.408 e. The summed E-state index contributed by atoms with van der Waals surface area (Å²) in [6.45, 7) is 8.00. The molecule has 3 nitrogen and oxygen atoms in total. The fourth-order valence-electron chi connectivity index (χ4n) is 2.04. The van der Waals surface area contributed by atoms with Gasteiger partial charge in [-0.3, -0.25) is 4.98 Å². The number of hydrogen-bond acceptors (Lipinski definition) is 4. The van der Waals surface area contributed by atoms with Gasteiger partial charge >= 0.3 is 6.18 Å². The molecule has 154 valence electrons. The van der Waals surface area contributed by atoms with E-state index < -0.39 is 18.0 Å². The zero-order valence-electron chi connectivity index (χ0n) is 16.2. The van der Waals surface area contributed by atoms with Crippen molar-refractivity contribution >= 4 is 23.5 Å². The summed E-state index contributed by atoms with van der Waals surface area (Å²) in [4.78, 5) is 4.16. The van der Waals surface area contributed by atoms with Crippen LogP contribution in [0, 0.1) is 17.1 Å². The Morgan fingerprint density at radius 1 is 1.14 bits per heavy atom. The maximum atomic E-state index is 13.5. The van der Waals surface area contributed by atoms with Crippen LogP contribution in [0.4, 0.5) is 17.6 Å². The van der Waals surface area contributed by atoms with E-state index in [1.54, 1.807) is 0 Å². The lowest BCUT2D eigenvalue weighted by atomic mass is 10.1. The van der Waals surface area contributed by atoms with Gasteiger partial charge in [-0.1, -0.05) is 45.4 Å². The first kappa shape index (κ1) is 26.2. The number of halogens is 5. The lowest BCUT2D eigenvalue weighted by molar-refractivity contribution is -0.169. The molecule has 0 aliphatic rings. The summed E-state index contributed by atoms with van der Waals surface area (Å²) in [7, 11) is 1.23. The number of nitriles is 1. The molecule has 0 radical (unpaired) electrons. The topological polar surface area (TPSA) is 39.9 Å². The van der Waals surface area contributed by atoms with E-state index in [2.05, 4.69) is 4.98 Å². The molecule has 0 N–H and O–H groups in total. The minimum Gasteiger partial charge on any atom is -0.262 e. The van der Waals surface area contributed by atoms with Gasteiger partial charge in [-0.2, -0.15) is 18.4 Å². The van der Waals surface area contributed by atoms with Crippen LogP contribution < -0.4 is 0 Å². The van der Waals surface area contributed by atoms with Crippen LogP contribution in [0.2, 0.25) is 5.02 Å². The highest BCUT2D eigenvalue weighted by Crippen LogP contribution is 2.42. The van der Waals surface area contributed by atoms with Gasteiger partial charge in [-0.25, -0.2) is 8.70 Å². The first-order valence-corrected chi connectivity index (χ1v) is 9.65. The molecule has 0 aliphatic carbocycles. The molecule has 2 aromatic rings. The highest BCUT2D eigenvalue weighted by atomic mass is 35.5. The smallest absolute Gasteiger partial charge is 0.262 e. The van der Waals surface area contributed by atoms with Gasteiger partial charge < -0.3 is 0 Å². The van der Waals surface area contributed by atoms with E-state index in [9.17, 15) is 17.6 Å². The fraction of sp³-hybridized carbons (Fsp3) is 0.368. The van der Waals surface area contributed by atoms with Gasteiger partial charge in [0.25, 0.3) is 0 Å². The van der Waals surface area contributed by atoms with Crippen LogP contribution >= 0.6 is 23.5 Å². The van der Waals surface area contributed by atoms with Crippen molar-refractivity contribution in [1.82, 2.24) is 9.29 Å². The third kappa shape index (κ3) is 7.66. The largest absolute Gasteiger partial charge is 0.408 e. The Bertz CT molecular complexity index is 779. The van der Waals surface area contributed by atoms with Crippen LogP contribution in [0.1, 0.15) is 44.9 Å². The molecule has 0 aliphatic heterocycles. The zero-order chi connectivity index (χ0) is 21.9. The standard InChI is InChI=1S/C15H10ClF4N3S.2C2H6/c1-23(24-11-4-9(6-21)7-22-8-11)14(15(18,19)20)10-2-3-12(16)13(17)5-10;2*1-2/h2-5,7-8,14H,1H3;2*1-2H3. The molecule has 9 heteroatoms. The van der Waals surface area contributed by atoms with E-state index >= 15 is 0 Å². The van der Waals surface area contributed by atoms with Crippen LogP contribution in [0.25, 0.3) is 0 Å². The molecule has 0 fully saturated rings. The van der Waals surface area contributed by atoms with Crippen molar-refractivity contribution in [2.45, 2.75) is 44.8 Å². The average molecular weight is 436 g/mol. The third-order valence-corrected chi connectivity index (χ3v) is 4.26. The summed E-state index contributed by atoms with van der Waals surface area (Å²) < 4.78 is 54.9. The number of benzene rings is 1. The first-order valence-electron chi connectivity index (χ1n) is 8.50. The fourth-order valence-corrected chi connectivity index (χ4v) is 3.12. The van der Waals surface area contributed by atoms with Gasteiger partial charge in [0.2, 0.25) is 0 Å². The van der Waals surface area contributed by atoms with E-state index in [0.717, 1.165) is 34.5 Å². The molecular formula is C19H22ClF4N3S. The summed E-state index contributed by atoms with van der Waals surface area (Å²) >= 11 is 6.29. The lowest BCUT2D eigenvalue weighted by Gasteiger charge is -2.29. The normalized spacial score (nSPS) is 11.5. The van der Waals surface area contributed by atoms with Gasteiger partial charge in [-0.05, 0) is 42.8 Å². The van der Waals surface area contributed by atoms with Crippen molar-refractivity contribution in [2.75, 3.05) is 7.05 Å². The van der Waals surface area contributed by atoms with Crippen molar-refractivity contribution < 1.29 is 17.6 Å². The van der Waals surface area contributed by atoms with Crippen LogP contribution in [0.15, 0.2) is 41.6 Å². The van der Waals surface area contributed by atoms with E-state index in [1.807, 2.05) is 33.8 Å². The molecule has 1 aromatic carbocycles. The third-order valence-electron chi connectivity index (χ3n) is 3.02. The van der Waals surface area contributed by atoms with E-state index in [0.29, 0.717) is 4.90 Å². The molecule has 1 aromatic heterocycles. The second-order valence-corrected chi connectivity index (χ2v) is 6.41. The number of alkyl halides is 3. The van der Waals surface area contributed by atoms with E-state index in [-0.39, 0.29) is 16.1 Å². The Labute approximate surface area is 172 Å². The maximum absolute atomic E-state index is 13.5. The monoisotopic (exact) mass is 435 g/mol. The van der Waals surface area contributed by atoms with Crippen molar-refractivity contribution in [3.63, 3.8) is 0 Å². The van der Waals surface area contributed by atoms with Gasteiger partial charge in [-0.15, -0.1) is 0 Å². The van der Waals surface area contributed by atoms with Crippen molar-refractivity contribution in [3.05, 3.63) is 58.6 Å². The number of nitrogens with zero attached hydrogens (tertiary/aromatic N) is 3. The summed E-state index contributed by atoms with van der Waals surface area (Å²) in [5.74, 6) is -0.921. The molecule has 0 bridgehead atoms. The van der Waals surface area contributed by atoms with Crippen LogP contribution in [0.3, 0.4) is 0 Å². The van der Waals surface area contributed by atoms with Gasteiger partial charge in [0.1, 0.15) is 17.9 Å². The van der Waals surface area contributed by atoms with Crippen molar-refractivity contribution in [2.24, 2.45) is 0 Å². The van der Waals surface area contributed by atoms with Crippen LogP contribution in [0.5, 0.6) is 0 Å². The Kier molecular flexibility index (Phi) is 11.8. The second kappa shape index (κ2) is 12.6. The zero-order valence-corrected chi connectivity index (χ0v) is 17.8. The summed E-state index contributed by atoms with van der Waals surface area (Å²) in [5, 5.41) is 8.57. The molecule has 0 saturated heterocycles. The highest BCUT2D eigenvalue weighted by molar-refractivity contribution is 7.97. The number of aromatic nitrogens is 1. The van der Waals surface area contributed by atoms with Crippen LogP contribution in [-0.2, 0) is 0 Å². The molecule has 0 amide bonds. The first-order chi connectivity index (χ1) is 13.2. The molecule has 0 spiro atoms. The predicted molar refractivity (Wildman–Crippen MR) is 105 cm³/mol. The molecule has 1 heterocycles. The minimum absolute atomic E-state index is 0.231. The minimum atomic E-state index is -4.64. The van der Waals surface area contributed by atoms with Crippen molar-refractivity contribution in [3.8, 4) is 6.07 Å². The molecule has 2 rings (SSSR count). The molecule has 0 saturated carbocycles. The lowest BCUT2D eigenvalue weighted by Crippen LogP contribution is -2.32. The molecule has 1 atom stereocenters. The van der Waals surface area contributed by atoms with Crippen LogP contribution in [-0.4, -0.2) is 22.5 Å². The SMILES string of the molecule is CC.CC.CN(Sc1cncc(C#N)c1)C(c1ccc(Cl)c(F)c1)C(F)(F)F. The quantitative estimate of drug-likeness (QED) is 0.381. The van der Waals surface area contributed by atoms with Gasteiger partial charge in [0.15, 0.2) is 0 Å². The van der Waals surface area contributed by atoms with E-state index in [4.69, 9.17) is 16.9 Å². The Morgan fingerprint density at radius 3 is 2.25 bits per heavy atom. The summed E-state index contributed by atoms with van der Waals surface area (Å²) in [6.07, 6.45) is -1.99. The van der Waals surface area contributed by atoms with E-state index in [1.165, 1.54) is 25.5 Å². The predicted octanol–water partition coefficient (Wildman–Crippen LogP) is 7.04. The number of rotatable bonds is 4. The Hall–Kier alpha value is -1.82. The Balaban J connectivity index is 0.00000171. The van der Waals surface area contributed by atoms with Gasteiger partial charge in [0, 0.05) is 17.3 Å². The van der Waals surface area contributed by atoms with Gasteiger partial charge in [0.05, 0.1) is 10.6 Å². The number of hydrogen-bond donors (Lipinski definition) is 0.